The predicted molar refractivity (Wildman–Crippen MR) is 120 cm³/mol. The molecule has 0 aliphatic heterocycles. The lowest BCUT2D eigenvalue weighted by Crippen LogP contribution is -2.23. The Hall–Kier alpha value is -3.69. The minimum Gasteiger partial charge on any atom is -0.468 e. The van der Waals surface area contributed by atoms with E-state index in [-0.39, 0.29) is 23.8 Å². The molecule has 2 aromatic carbocycles. The fraction of sp³-hybridized carbons (Fsp3) is 0.130. The first-order valence-electron chi connectivity index (χ1n) is 10.0. The molecule has 0 aliphatic rings. The highest BCUT2D eigenvalue weighted by Gasteiger charge is 2.15. The van der Waals surface area contributed by atoms with E-state index in [1.54, 1.807) is 35.1 Å². The fourth-order valence-electron chi connectivity index (χ4n) is 3.10. The molecule has 8 nitrogen and oxygen atoms in total. The van der Waals surface area contributed by atoms with E-state index in [1.807, 2.05) is 36.5 Å². The maximum atomic E-state index is 12.5. The summed E-state index contributed by atoms with van der Waals surface area (Å²) in [6, 6.07) is 19.2. The number of nitrogens with one attached hydrogen (secondary N) is 2. The number of furan rings is 1. The summed E-state index contributed by atoms with van der Waals surface area (Å²) in [6.45, 7) is 0.0442. The number of para-hydroxylation sites is 1. The minimum atomic E-state index is -3.75. The molecule has 32 heavy (non-hydrogen) atoms. The van der Waals surface area contributed by atoms with Crippen LogP contribution >= 0.6 is 0 Å². The summed E-state index contributed by atoms with van der Waals surface area (Å²) in [4.78, 5) is 12.4. The normalized spacial score (nSPS) is 11.4. The van der Waals surface area contributed by atoms with E-state index in [4.69, 9.17) is 4.42 Å². The van der Waals surface area contributed by atoms with Gasteiger partial charge in [0.25, 0.3) is 0 Å². The Balaban J connectivity index is 1.33. The molecule has 0 radical (unpaired) electrons. The third-order valence-electron chi connectivity index (χ3n) is 4.74. The molecule has 9 heteroatoms. The van der Waals surface area contributed by atoms with Crippen molar-refractivity contribution >= 4 is 21.6 Å². The van der Waals surface area contributed by atoms with Crippen LogP contribution in [-0.4, -0.2) is 24.1 Å². The highest BCUT2D eigenvalue weighted by molar-refractivity contribution is 7.89. The van der Waals surface area contributed by atoms with Gasteiger partial charge in [0.1, 0.15) is 5.76 Å². The standard InChI is InChI=1S/C23H22N4O4S/c28-23(12-11-18-15-24-27(17-18)20-7-2-1-3-8-20)26-19-6-4-10-22(14-19)32(29,30)25-16-21-9-5-13-31-21/h1-10,13-15,17,25H,11-12,16H2,(H,26,28). The SMILES string of the molecule is O=C(CCc1cnn(-c2ccccc2)c1)Nc1cccc(S(=O)(=O)NCc2ccco2)c1. The van der Waals surface area contributed by atoms with Crippen LogP contribution in [0.15, 0.2) is 94.7 Å². The van der Waals surface area contributed by atoms with Gasteiger partial charge >= 0.3 is 0 Å². The lowest BCUT2D eigenvalue weighted by Gasteiger charge is -2.09. The number of amides is 1. The number of carbonyl (C=O) groups excluding carboxylic acids is 1. The summed E-state index contributed by atoms with van der Waals surface area (Å²) in [6.07, 6.45) is 5.86. The van der Waals surface area contributed by atoms with Gasteiger partial charge < -0.3 is 9.73 Å². The average Bonchev–Trinajstić information content (AvgIpc) is 3.49. The third-order valence-corrected chi connectivity index (χ3v) is 6.14. The van der Waals surface area contributed by atoms with Crippen molar-refractivity contribution in [1.29, 1.82) is 0 Å². The van der Waals surface area contributed by atoms with Gasteiger partial charge in [-0.05, 0) is 54.4 Å². The van der Waals surface area contributed by atoms with Crippen LogP contribution in [0.2, 0.25) is 0 Å². The van der Waals surface area contributed by atoms with Crippen LogP contribution in [0.3, 0.4) is 0 Å². The maximum Gasteiger partial charge on any atom is 0.241 e. The Morgan fingerprint density at radius 3 is 2.66 bits per heavy atom. The van der Waals surface area contributed by atoms with Crippen molar-refractivity contribution in [2.24, 2.45) is 0 Å². The van der Waals surface area contributed by atoms with Crippen LogP contribution in [0.25, 0.3) is 5.69 Å². The molecule has 0 fully saturated rings. The maximum absolute atomic E-state index is 12.5. The van der Waals surface area contributed by atoms with Crippen LogP contribution in [0.4, 0.5) is 5.69 Å². The van der Waals surface area contributed by atoms with Gasteiger partial charge in [0.05, 0.1) is 29.6 Å². The number of carbonyl (C=O) groups is 1. The van der Waals surface area contributed by atoms with Crippen molar-refractivity contribution in [2.75, 3.05) is 5.32 Å². The first-order valence-corrected chi connectivity index (χ1v) is 11.5. The summed E-state index contributed by atoms with van der Waals surface area (Å²) < 4.78 is 34.4. The number of aromatic nitrogens is 2. The Morgan fingerprint density at radius 2 is 1.88 bits per heavy atom. The summed E-state index contributed by atoms with van der Waals surface area (Å²) in [5, 5.41) is 7.08. The zero-order valence-electron chi connectivity index (χ0n) is 17.1. The predicted octanol–water partition coefficient (Wildman–Crippen LogP) is 3.52. The molecule has 164 valence electrons. The number of hydrogen-bond acceptors (Lipinski definition) is 5. The molecular weight excluding hydrogens is 428 g/mol. The molecule has 2 N–H and O–H groups in total. The number of nitrogens with zero attached hydrogens (tertiary/aromatic N) is 2. The van der Waals surface area contributed by atoms with Crippen molar-refractivity contribution in [3.63, 3.8) is 0 Å². The second kappa shape index (κ2) is 9.63. The van der Waals surface area contributed by atoms with Crippen LogP contribution in [-0.2, 0) is 27.8 Å². The first-order chi connectivity index (χ1) is 15.5. The molecular formula is C23H22N4O4S. The molecule has 0 unspecified atom stereocenters. The van der Waals surface area contributed by atoms with Crippen molar-refractivity contribution in [1.82, 2.24) is 14.5 Å². The molecule has 0 aliphatic carbocycles. The van der Waals surface area contributed by atoms with E-state index in [9.17, 15) is 13.2 Å². The number of benzene rings is 2. The highest BCUT2D eigenvalue weighted by Crippen LogP contribution is 2.17. The van der Waals surface area contributed by atoms with Gasteiger partial charge in [-0.3, -0.25) is 4.79 Å². The molecule has 1 amide bonds. The third kappa shape index (κ3) is 5.51. The number of hydrogen-bond donors (Lipinski definition) is 2. The van der Waals surface area contributed by atoms with Crippen LogP contribution < -0.4 is 10.0 Å². The monoisotopic (exact) mass is 450 g/mol. The molecule has 4 aromatic rings. The molecule has 0 saturated heterocycles. The first kappa shape index (κ1) is 21.5. The Kier molecular flexibility index (Phi) is 6.48. The smallest absolute Gasteiger partial charge is 0.241 e. The molecule has 0 atom stereocenters. The average molecular weight is 451 g/mol. The highest BCUT2D eigenvalue weighted by atomic mass is 32.2. The Bertz CT molecular complexity index is 1280. The molecule has 2 aromatic heterocycles. The zero-order chi connectivity index (χ0) is 22.4. The van der Waals surface area contributed by atoms with Crippen molar-refractivity contribution in [3.8, 4) is 5.69 Å². The lowest BCUT2D eigenvalue weighted by molar-refractivity contribution is -0.116. The zero-order valence-corrected chi connectivity index (χ0v) is 18.0. The van der Waals surface area contributed by atoms with Crippen molar-refractivity contribution in [3.05, 3.63) is 96.7 Å². The largest absolute Gasteiger partial charge is 0.468 e. The van der Waals surface area contributed by atoms with Gasteiger partial charge in [-0.1, -0.05) is 24.3 Å². The number of rotatable bonds is 9. The summed E-state index contributed by atoms with van der Waals surface area (Å²) in [5.74, 6) is 0.296. The summed E-state index contributed by atoms with van der Waals surface area (Å²) >= 11 is 0. The second-order valence-electron chi connectivity index (χ2n) is 7.11. The van der Waals surface area contributed by atoms with Crippen molar-refractivity contribution < 1.29 is 17.6 Å². The topological polar surface area (TPSA) is 106 Å². The van der Waals surface area contributed by atoms with Gasteiger partial charge in [-0.15, -0.1) is 0 Å². The number of sulfonamides is 1. The molecule has 0 spiro atoms. The Morgan fingerprint density at radius 1 is 1.03 bits per heavy atom. The lowest BCUT2D eigenvalue weighted by atomic mass is 10.2. The van der Waals surface area contributed by atoms with Crippen LogP contribution in [0.1, 0.15) is 17.7 Å². The quantitative estimate of drug-likeness (QED) is 0.406. The summed E-state index contributed by atoms with van der Waals surface area (Å²) in [7, 11) is -3.75. The van der Waals surface area contributed by atoms with Gasteiger partial charge in [0.2, 0.25) is 15.9 Å². The van der Waals surface area contributed by atoms with Crippen molar-refractivity contribution in [2.45, 2.75) is 24.3 Å². The molecule has 2 heterocycles. The van der Waals surface area contributed by atoms with E-state index in [0.717, 1.165) is 11.3 Å². The van der Waals surface area contributed by atoms with Crippen LogP contribution in [0, 0.1) is 0 Å². The number of anilines is 1. The Labute approximate surface area is 185 Å². The van der Waals surface area contributed by atoms with E-state index in [0.29, 0.717) is 17.9 Å². The minimum absolute atomic E-state index is 0.0442. The molecule has 0 saturated carbocycles. The fourth-order valence-corrected chi connectivity index (χ4v) is 4.13. The number of aryl methyl sites for hydroxylation is 1. The van der Waals surface area contributed by atoms with E-state index in [2.05, 4.69) is 15.1 Å². The second-order valence-corrected chi connectivity index (χ2v) is 8.88. The van der Waals surface area contributed by atoms with Gasteiger partial charge in [0, 0.05) is 18.3 Å². The van der Waals surface area contributed by atoms with E-state index >= 15 is 0 Å². The van der Waals surface area contributed by atoms with Gasteiger partial charge in [0.15, 0.2) is 0 Å². The molecule has 4 rings (SSSR count). The van der Waals surface area contributed by atoms with Gasteiger partial charge in [-0.2, -0.15) is 5.10 Å². The van der Waals surface area contributed by atoms with Crippen LogP contribution in [0.5, 0.6) is 0 Å². The van der Waals surface area contributed by atoms with E-state index in [1.165, 1.54) is 18.4 Å². The van der Waals surface area contributed by atoms with E-state index < -0.39 is 10.0 Å². The van der Waals surface area contributed by atoms with Gasteiger partial charge in [-0.25, -0.2) is 17.8 Å². The molecule has 0 bridgehead atoms. The summed E-state index contributed by atoms with van der Waals surface area (Å²) in [5.41, 5.74) is 2.29.